The minimum absolute atomic E-state index is 0.921. The molecule has 2 aliphatic rings. The van der Waals surface area contributed by atoms with Gasteiger partial charge in [-0.25, -0.2) is 0 Å². The summed E-state index contributed by atoms with van der Waals surface area (Å²) in [6.45, 7) is 0. The highest BCUT2D eigenvalue weighted by Gasteiger charge is 2.35. The van der Waals surface area contributed by atoms with Gasteiger partial charge in [-0.1, -0.05) is 62.4 Å². The van der Waals surface area contributed by atoms with Gasteiger partial charge in [-0.05, 0) is 30.2 Å². The van der Waals surface area contributed by atoms with E-state index in [-0.39, 0.29) is 0 Å². The minimum atomic E-state index is 0.921. The zero-order valence-corrected chi connectivity index (χ0v) is 9.99. The lowest BCUT2D eigenvalue weighted by Crippen LogP contribution is -2.30. The lowest BCUT2D eigenvalue weighted by molar-refractivity contribution is 0.200. The van der Waals surface area contributed by atoms with Crippen molar-refractivity contribution in [1.29, 1.82) is 0 Å². The SMILES string of the molecule is c1ccc([C]2CCCC3CCCCC23)cc1. The molecule has 1 aromatic carbocycles. The van der Waals surface area contributed by atoms with E-state index in [4.69, 9.17) is 0 Å². The molecule has 0 aliphatic heterocycles. The highest BCUT2D eigenvalue weighted by Crippen LogP contribution is 2.47. The maximum atomic E-state index is 2.31. The molecule has 1 aromatic rings. The number of hydrogen-bond acceptors (Lipinski definition) is 0. The van der Waals surface area contributed by atoms with Gasteiger partial charge in [-0.2, -0.15) is 0 Å². The van der Waals surface area contributed by atoms with Crippen LogP contribution < -0.4 is 0 Å². The summed E-state index contributed by atoms with van der Waals surface area (Å²) < 4.78 is 0. The summed E-state index contributed by atoms with van der Waals surface area (Å²) >= 11 is 0. The van der Waals surface area contributed by atoms with E-state index in [0.717, 1.165) is 11.8 Å². The first-order valence-electron chi connectivity index (χ1n) is 6.86. The zero-order chi connectivity index (χ0) is 10.8. The molecule has 0 heterocycles. The summed E-state index contributed by atoms with van der Waals surface area (Å²) in [5.41, 5.74) is 1.53. The van der Waals surface area contributed by atoms with Gasteiger partial charge in [-0.3, -0.25) is 0 Å². The Morgan fingerprint density at radius 3 is 2.44 bits per heavy atom. The van der Waals surface area contributed by atoms with Gasteiger partial charge in [0.1, 0.15) is 0 Å². The Kier molecular flexibility index (Phi) is 2.99. The second kappa shape index (κ2) is 4.61. The van der Waals surface area contributed by atoms with Gasteiger partial charge in [0.2, 0.25) is 0 Å². The van der Waals surface area contributed by atoms with Gasteiger partial charge in [0.25, 0.3) is 0 Å². The van der Waals surface area contributed by atoms with Crippen molar-refractivity contribution >= 4 is 0 Å². The van der Waals surface area contributed by atoms with Crippen molar-refractivity contribution in [3.8, 4) is 0 Å². The van der Waals surface area contributed by atoms with Crippen molar-refractivity contribution in [2.45, 2.75) is 44.9 Å². The van der Waals surface area contributed by atoms with Crippen LogP contribution in [0.4, 0.5) is 0 Å². The summed E-state index contributed by atoms with van der Waals surface area (Å²) in [6.07, 6.45) is 10.1. The average Bonchev–Trinajstić information content (AvgIpc) is 2.39. The van der Waals surface area contributed by atoms with Crippen LogP contribution in [0.2, 0.25) is 0 Å². The molecular formula is C16H21. The van der Waals surface area contributed by atoms with Crippen molar-refractivity contribution in [1.82, 2.24) is 0 Å². The van der Waals surface area contributed by atoms with Gasteiger partial charge in [-0.15, -0.1) is 0 Å². The van der Waals surface area contributed by atoms with Crippen molar-refractivity contribution in [2.24, 2.45) is 11.8 Å². The fourth-order valence-electron chi connectivity index (χ4n) is 3.76. The summed E-state index contributed by atoms with van der Waals surface area (Å²) in [4.78, 5) is 0. The quantitative estimate of drug-likeness (QED) is 0.639. The molecule has 0 nitrogen and oxygen atoms in total. The first-order chi connectivity index (χ1) is 7.95. The van der Waals surface area contributed by atoms with Crippen molar-refractivity contribution in [2.75, 3.05) is 0 Å². The van der Waals surface area contributed by atoms with Crippen molar-refractivity contribution in [3.63, 3.8) is 0 Å². The van der Waals surface area contributed by atoms with E-state index in [1.807, 2.05) is 0 Å². The summed E-state index contributed by atoms with van der Waals surface area (Å²) in [7, 11) is 0. The first kappa shape index (κ1) is 10.4. The standard InChI is InChI=1S/C16H21/c1-2-7-13(8-3-1)16-12-6-10-14-9-4-5-11-15(14)16/h1-3,7-8,14-15H,4-6,9-12H2. The van der Waals surface area contributed by atoms with Crippen LogP contribution in [-0.4, -0.2) is 0 Å². The number of rotatable bonds is 1. The van der Waals surface area contributed by atoms with Crippen LogP contribution in [0, 0.1) is 17.8 Å². The highest BCUT2D eigenvalue weighted by atomic mass is 14.4. The molecule has 2 aliphatic carbocycles. The van der Waals surface area contributed by atoms with E-state index in [2.05, 4.69) is 30.3 Å². The van der Waals surface area contributed by atoms with Crippen LogP contribution in [0.1, 0.15) is 50.5 Å². The van der Waals surface area contributed by atoms with E-state index in [9.17, 15) is 0 Å². The van der Waals surface area contributed by atoms with Crippen LogP contribution >= 0.6 is 0 Å². The summed E-state index contributed by atoms with van der Waals surface area (Å²) in [6, 6.07) is 11.1. The smallest absolute Gasteiger partial charge is 0.00834 e. The third-order valence-electron chi connectivity index (χ3n) is 4.52. The van der Waals surface area contributed by atoms with Gasteiger partial charge in [0.05, 0.1) is 0 Å². The molecule has 0 bridgehead atoms. The van der Waals surface area contributed by atoms with Crippen molar-refractivity contribution in [3.05, 3.63) is 41.8 Å². The molecule has 0 saturated heterocycles. The largest absolute Gasteiger partial charge is 0.0622 e. The van der Waals surface area contributed by atoms with E-state index in [1.165, 1.54) is 50.5 Å². The Bertz CT molecular complexity index is 325. The lowest BCUT2D eigenvalue weighted by atomic mass is 9.64. The molecule has 0 amide bonds. The van der Waals surface area contributed by atoms with Gasteiger partial charge >= 0.3 is 0 Å². The molecule has 85 valence electrons. The first-order valence-corrected chi connectivity index (χ1v) is 6.86. The predicted molar refractivity (Wildman–Crippen MR) is 68.1 cm³/mol. The van der Waals surface area contributed by atoms with Gasteiger partial charge in [0, 0.05) is 5.92 Å². The fraction of sp³-hybridized carbons (Fsp3) is 0.562. The Hall–Kier alpha value is -0.780. The fourth-order valence-corrected chi connectivity index (χ4v) is 3.76. The molecule has 0 N–H and O–H groups in total. The van der Waals surface area contributed by atoms with Crippen LogP contribution in [0.25, 0.3) is 0 Å². The third-order valence-corrected chi connectivity index (χ3v) is 4.52. The minimum Gasteiger partial charge on any atom is -0.0622 e. The van der Waals surface area contributed by atoms with Crippen LogP contribution in [-0.2, 0) is 0 Å². The molecular weight excluding hydrogens is 192 g/mol. The second-order valence-electron chi connectivity index (χ2n) is 5.43. The Labute approximate surface area is 99.1 Å². The van der Waals surface area contributed by atoms with Crippen LogP contribution in [0.5, 0.6) is 0 Å². The van der Waals surface area contributed by atoms with Crippen LogP contribution in [0.15, 0.2) is 30.3 Å². The normalized spacial score (nSPS) is 31.0. The Morgan fingerprint density at radius 2 is 1.56 bits per heavy atom. The van der Waals surface area contributed by atoms with Gasteiger partial charge in [0.15, 0.2) is 0 Å². The maximum Gasteiger partial charge on any atom is 0.00834 e. The Balaban J connectivity index is 1.83. The monoisotopic (exact) mass is 213 g/mol. The molecule has 2 atom stereocenters. The molecule has 0 heteroatoms. The number of benzene rings is 1. The van der Waals surface area contributed by atoms with Crippen molar-refractivity contribution < 1.29 is 0 Å². The molecule has 0 aromatic heterocycles. The average molecular weight is 213 g/mol. The number of hydrogen-bond donors (Lipinski definition) is 0. The second-order valence-corrected chi connectivity index (χ2v) is 5.43. The molecule has 3 rings (SSSR count). The predicted octanol–water partition coefficient (Wildman–Crippen LogP) is 4.60. The van der Waals surface area contributed by atoms with E-state index >= 15 is 0 Å². The van der Waals surface area contributed by atoms with E-state index < -0.39 is 0 Å². The Morgan fingerprint density at radius 1 is 0.812 bits per heavy atom. The maximum absolute atomic E-state index is 2.31. The molecule has 1 radical (unpaired) electrons. The van der Waals surface area contributed by atoms with Gasteiger partial charge < -0.3 is 0 Å². The lowest BCUT2D eigenvalue weighted by Gasteiger charge is -2.41. The molecule has 16 heavy (non-hydrogen) atoms. The summed E-state index contributed by atoms with van der Waals surface area (Å²) in [5.74, 6) is 3.71. The zero-order valence-electron chi connectivity index (χ0n) is 9.99. The molecule has 0 spiro atoms. The highest BCUT2D eigenvalue weighted by molar-refractivity contribution is 5.33. The van der Waals surface area contributed by atoms with E-state index in [1.54, 1.807) is 5.92 Å². The third kappa shape index (κ3) is 1.90. The number of fused-ring (bicyclic) bond motifs is 1. The van der Waals surface area contributed by atoms with E-state index in [0.29, 0.717) is 0 Å². The topological polar surface area (TPSA) is 0 Å². The molecule has 2 unspecified atom stereocenters. The molecule has 2 saturated carbocycles. The summed E-state index contributed by atoms with van der Waals surface area (Å²) in [5, 5.41) is 0. The molecule has 2 fully saturated rings. The van der Waals surface area contributed by atoms with Crippen LogP contribution in [0.3, 0.4) is 0 Å².